The van der Waals surface area contributed by atoms with Crippen LogP contribution >= 0.6 is 12.4 Å². The van der Waals surface area contributed by atoms with E-state index in [1.165, 1.54) is 0 Å². The van der Waals surface area contributed by atoms with Crippen molar-refractivity contribution >= 4 is 24.2 Å². The van der Waals surface area contributed by atoms with Gasteiger partial charge < -0.3 is 16.0 Å². The lowest BCUT2D eigenvalue weighted by Crippen LogP contribution is -2.46. The maximum absolute atomic E-state index is 12.0. The van der Waals surface area contributed by atoms with Gasteiger partial charge >= 0.3 is 0 Å². The summed E-state index contributed by atoms with van der Waals surface area (Å²) in [5.74, 6) is 0.217. The molecule has 1 aliphatic heterocycles. The molecule has 3 N–H and O–H groups in total. The highest BCUT2D eigenvalue weighted by molar-refractivity contribution is 5.85. The zero-order chi connectivity index (χ0) is 13.1. The predicted molar refractivity (Wildman–Crippen MR) is 76.0 cm³/mol. The first-order valence-electron chi connectivity index (χ1n) is 6.91. The fraction of sp³-hybridized carbons (Fsp3) is 0.846. The number of nitrogens with zero attached hydrogens (tertiary/aromatic N) is 1. The Balaban J connectivity index is 0.00000180. The minimum Gasteiger partial charge on any atom is -0.352 e. The third-order valence-electron chi connectivity index (χ3n) is 3.96. The van der Waals surface area contributed by atoms with Crippen molar-refractivity contribution < 1.29 is 9.59 Å². The molecule has 110 valence electrons. The molecule has 2 aliphatic rings. The van der Waals surface area contributed by atoms with Crippen molar-refractivity contribution in [3.63, 3.8) is 0 Å². The van der Waals surface area contributed by atoms with Gasteiger partial charge in [0.25, 0.3) is 0 Å². The van der Waals surface area contributed by atoms with Crippen LogP contribution in [0.25, 0.3) is 0 Å². The van der Waals surface area contributed by atoms with Crippen molar-refractivity contribution in [3.05, 3.63) is 0 Å². The molecule has 1 aliphatic carbocycles. The lowest BCUT2D eigenvalue weighted by molar-refractivity contribution is -0.130. The highest BCUT2D eigenvalue weighted by atomic mass is 35.5. The van der Waals surface area contributed by atoms with E-state index in [1.807, 2.05) is 11.8 Å². The van der Waals surface area contributed by atoms with E-state index in [9.17, 15) is 9.59 Å². The van der Waals surface area contributed by atoms with Crippen LogP contribution in [-0.4, -0.2) is 41.9 Å². The van der Waals surface area contributed by atoms with Crippen LogP contribution in [0, 0.1) is 5.92 Å². The Morgan fingerprint density at radius 2 is 2.21 bits per heavy atom. The topological polar surface area (TPSA) is 75.4 Å². The summed E-state index contributed by atoms with van der Waals surface area (Å²) < 4.78 is 0. The molecule has 0 bridgehead atoms. The second kappa shape index (κ2) is 7.10. The fourth-order valence-electron chi connectivity index (χ4n) is 2.94. The van der Waals surface area contributed by atoms with Gasteiger partial charge in [0.1, 0.15) is 0 Å². The van der Waals surface area contributed by atoms with Gasteiger partial charge in [0, 0.05) is 31.6 Å². The van der Waals surface area contributed by atoms with E-state index >= 15 is 0 Å². The summed E-state index contributed by atoms with van der Waals surface area (Å²) >= 11 is 0. The maximum Gasteiger partial charge on any atom is 0.224 e. The smallest absolute Gasteiger partial charge is 0.224 e. The standard InChI is InChI=1S/C13H23N3O2.ClH/c1-9(8-16-7-3-6-12(16)17)15-13(18)10-4-2-5-11(10)14;/h9-11H,2-8,14H2,1H3,(H,15,18);1H. The number of rotatable bonds is 4. The number of amides is 2. The van der Waals surface area contributed by atoms with Crippen LogP contribution in [0.3, 0.4) is 0 Å². The Kier molecular flexibility index (Phi) is 6.07. The van der Waals surface area contributed by atoms with E-state index in [0.717, 1.165) is 32.2 Å². The van der Waals surface area contributed by atoms with E-state index in [4.69, 9.17) is 5.73 Å². The molecule has 2 rings (SSSR count). The second-order valence-corrected chi connectivity index (χ2v) is 5.55. The van der Waals surface area contributed by atoms with Crippen molar-refractivity contribution in [2.75, 3.05) is 13.1 Å². The Morgan fingerprint density at radius 3 is 2.74 bits per heavy atom. The molecule has 0 aromatic carbocycles. The molecule has 0 aromatic heterocycles. The van der Waals surface area contributed by atoms with E-state index in [2.05, 4.69) is 5.32 Å². The van der Waals surface area contributed by atoms with Crippen molar-refractivity contribution in [2.24, 2.45) is 11.7 Å². The normalized spacial score (nSPS) is 28.1. The highest BCUT2D eigenvalue weighted by Gasteiger charge is 2.31. The number of carbonyl (C=O) groups excluding carboxylic acids is 2. The van der Waals surface area contributed by atoms with Crippen molar-refractivity contribution in [1.29, 1.82) is 0 Å². The van der Waals surface area contributed by atoms with Gasteiger partial charge in [0.2, 0.25) is 11.8 Å². The number of hydrogen-bond acceptors (Lipinski definition) is 3. The van der Waals surface area contributed by atoms with Gasteiger partial charge in [-0.05, 0) is 26.2 Å². The van der Waals surface area contributed by atoms with E-state index in [1.54, 1.807) is 0 Å². The zero-order valence-electron chi connectivity index (χ0n) is 11.4. The number of likely N-dealkylation sites (tertiary alicyclic amines) is 1. The first-order chi connectivity index (χ1) is 8.58. The number of nitrogens with two attached hydrogens (primary N) is 1. The number of carbonyl (C=O) groups is 2. The first kappa shape index (κ1) is 16.2. The fourth-order valence-corrected chi connectivity index (χ4v) is 2.94. The maximum atomic E-state index is 12.0. The summed E-state index contributed by atoms with van der Waals surface area (Å²) in [6.07, 6.45) is 4.46. The molecule has 2 fully saturated rings. The Labute approximate surface area is 120 Å². The van der Waals surface area contributed by atoms with Crippen LogP contribution in [0.4, 0.5) is 0 Å². The minimum atomic E-state index is -0.0401. The number of nitrogens with one attached hydrogen (secondary N) is 1. The molecular formula is C13H24ClN3O2. The molecule has 2 amide bonds. The second-order valence-electron chi connectivity index (χ2n) is 5.55. The van der Waals surface area contributed by atoms with Gasteiger partial charge in [0.15, 0.2) is 0 Å². The van der Waals surface area contributed by atoms with Crippen molar-refractivity contribution in [3.8, 4) is 0 Å². The minimum absolute atomic E-state index is 0. The van der Waals surface area contributed by atoms with Crippen LogP contribution in [0.1, 0.15) is 39.0 Å². The average molecular weight is 290 g/mol. The van der Waals surface area contributed by atoms with Gasteiger partial charge in [-0.1, -0.05) is 6.42 Å². The molecule has 19 heavy (non-hydrogen) atoms. The number of halogens is 1. The average Bonchev–Trinajstić information content (AvgIpc) is 2.88. The summed E-state index contributed by atoms with van der Waals surface area (Å²) in [5.41, 5.74) is 5.92. The summed E-state index contributed by atoms with van der Waals surface area (Å²) in [7, 11) is 0. The SMILES string of the molecule is CC(CN1CCCC1=O)NC(=O)C1CCCC1N.Cl. The quantitative estimate of drug-likeness (QED) is 0.798. The Hall–Kier alpha value is -0.810. The molecule has 1 heterocycles. The first-order valence-corrected chi connectivity index (χ1v) is 6.91. The van der Waals surface area contributed by atoms with Gasteiger partial charge in [-0.2, -0.15) is 0 Å². The Bertz CT molecular complexity index is 338. The van der Waals surface area contributed by atoms with E-state index in [0.29, 0.717) is 13.0 Å². The lowest BCUT2D eigenvalue weighted by Gasteiger charge is -2.24. The summed E-state index contributed by atoms with van der Waals surface area (Å²) in [5, 5.41) is 2.99. The van der Waals surface area contributed by atoms with E-state index in [-0.39, 0.29) is 42.2 Å². The predicted octanol–water partition coefficient (Wildman–Crippen LogP) is 0.663. The van der Waals surface area contributed by atoms with Crippen molar-refractivity contribution in [2.45, 2.75) is 51.1 Å². The van der Waals surface area contributed by atoms with Crippen LogP contribution in [0.2, 0.25) is 0 Å². The third kappa shape index (κ3) is 4.08. The van der Waals surface area contributed by atoms with Gasteiger partial charge in [0.05, 0.1) is 5.92 Å². The molecule has 1 saturated heterocycles. The molecule has 1 saturated carbocycles. The van der Waals surface area contributed by atoms with Crippen LogP contribution in [0.15, 0.2) is 0 Å². The van der Waals surface area contributed by atoms with Gasteiger partial charge in [-0.15, -0.1) is 12.4 Å². The molecule has 6 heteroatoms. The summed E-state index contributed by atoms with van der Waals surface area (Å²) in [6.45, 7) is 3.39. The van der Waals surface area contributed by atoms with Crippen LogP contribution in [0.5, 0.6) is 0 Å². The zero-order valence-corrected chi connectivity index (χ0v) is 12.2. The van der Waals surface area contributed by atoms with Crippen molar-refractivity contribution in [1.82, 2.24) is 10.2 Å². The van der Waals surface area contributed by atoms with E-state index < -0.39 is 0 Å². The molecular weight excluding hydrogens is 266 g/mol. The largest absolute Gasteiger partial charge is 0.352 e. The summed E-state index contributed by atoms with van der Waals surface area (Å²) in [4.78, 5) is 25.4. The van der Waals surface area contributed by atoms with Gasteiger partial charge in [-0.3, -0.25) is 9.59 Å². The summed E-state index contributed by atoms with van der Waals surface area (Å²) in [6, 6.07) is 0.0120. The monoisotopic (exact) mass is 289 g/mol. The molecule has 3 unspecified atom stereocenters. The Morgan fingerprint density at radius 1 is 1.47 bits per heavy atom. The number of hydrogen-bond donors (Lipinski definition) is 2. The highest BCUT2D eigenvalue weighted by Crippen LogP contribution is 2.24. The molecule has 5 nitrogen and oxygen atoms in total. The van der Waals surface area contributed by atoms with Gasteiger partial charge in [-0.25, -0.2) is 0 Å². The lowest BCUT2D eigenvalue weighted by atomic mass is 10.0. The van der Waals surface area contributed by atoms with Crippen LogP contribution < -0.4 is 11.1 Å². The van der Waals surface area contributed by atoms with Crippen LogP contribution in [-0.2, 0) is 9.59 Å². The molecule has 0 spiro atoms. The molecule has 3 atom stereocenters. The molecule has 0 radical (unpaired) electrons. The molecule has 0 aromatic rings. The third-order valence-corrected chi connectivity index (χ3v) is 3.96.